The van der Waals surface area contributed by atoms with Crippen LogP contribution in [0.15, 0.2) is 41.2 Å². The Morgan fingerprint density at radius 3 is 2.82 bits per heavy atom. The van der Waals surface area contributed by atoms with Crippen LogP contribution in [-0.2, 0) is 0 Å². The van der Waals surface area contributed by atoms with Gasteiger partial charge in [-0.1, -0.05) is 17.7 Å². The number of carbonyl (C=O) groups excluding carboxylic acids is 1. The summed E-state index contributed by atoms with van der Waals surface area (Å²) in [5.41, 5.74) is 1.05. The third-order valence-electron chi connectivity index (χ3n) is 6.35. The molecule has 2 N–H and O–H groups in total. The van der Waals surface area contributed by atoms with Crippen LogP contribution in [0.1, 0.15) is 35.3 Å². The van der Waals surface area contributed by atoms with Gasteiger partial charge in [-0.25, -0.2) is 14.2 Å². The molecule has 0 spiro atoms. The fourth-order valence-corrected chi connectivity index (χ4v) is 4.99. The second-order valence-electron chi connectivity index (χ2n) is 8.18. The molecule has 0 saturated carbocycles. The number of urea groups is 1. The number of nitrogens with zero attached hydrogens (tertiary/aromatic N) is 5. The lowest BCUT2D eigenvalue weighted by Crippen LogP contribution is -2.40. The zero-order valence-corrected chi connectivity index (χ0v) is 18.5. The number of nitriles is 1. The summed E-state index contributed by atoms with van der Waals surface area (Å²) in [6.07, 6.45) is 0.467. The number of likely N-dealkylation sites (tertiary alicyclic amines) is 1. The largest absolute Gasteiger partial charge is 0.493 e. The Morgan fingerprint density at radius 2 is 2.12 bits per heavy atom. The van der Waals surface area contributed by atoms with E-state index in [0.29, 0.717) is 23.4 Å². The first-order valence-electron chi connectivity index (χ1n) is 10.3. The third-order valence-corrected chi connectivity index (χ3v) is 6.83. The van der Waals surface area contributed by atoms with Gasteiger partial charge in [0.15, 0.2) is 0 Å². The zero-order valence-electron chi connectivity index (χ0n) is 17.7. The van der Waals surface area contributed by atoms with E-state index < -0.39 is 22.7 Å². The van der Waals surface area contributed by atoms with E-state index in [1.807, 2.05) is 6.07 Å². The van der Waals surface area contributed by atoms with Crippen LogP contribution >= 0.6 is 11.6 Å². The highest BCUT2D eigenvalue weighted by molar-refractivity contribution is 6.32. The molecule has 1 fully saturated rings. The molecule has 172 valence electrons. The van der Waals surface area contributed by atoms with Crippen LogP contribution in [0.2, 0.25) is 5.02 Å². The molecule has 1 aromatic heterocycles. The van der Waals surface area contributed by atoms with Gasteiger partial charge in [0.1, 0.15) is 11.8 Å². The van der Waals surface area contributed by atoms with E-state index in [-0.39, 0.29) is 40.4 Å². The number of nitro benzene ring substituents is 1. The molecule has 3 aromatic rings. The van der Waals surface area contributed by atoms with Gasteiger partial charge in [0.2, 0.25) is 5.88 Å². The maximum absolute atomic E-state index is 13.2. The van der Waals surface area contributed by atoms with E-state index in [0.717, 1.165) is 4.57 Å². The van der Waals surface area contributed by atoms with Gasteiger partial charge >= 0.3 is 11.7 Å². The van der Waals surface area contributed by atoms with Crippen molar-refractivity contribution in [2.24, 2.45) is 0 Å². The van der Waals surface area contributed by atoms with Crippen molar-refractivity contribution in [3.05, 3.63) is 78.8 Å². The molecule has 34 heavy (non-hydrogen) atoms. The standard InChI is InChI=1S/C22H17ClN6O5/c1-11-16(6-5-12(9-24)18(11)23)28-20(30)19-17-8-15(27(19)22(28)32)10-26(17)21(31)25-13-3-2-4-14(7-13)29(33)34/h2-7,15,17,30H,8,10H2,1H3,(H,25,31). The van der Waals surface area contributed by atoms with Crippen molar-refractivity contribution in [2.75, 3.05) is 11.9 Å². The minimum atomic E-state index is -0.551. The van der Waals surface area contributed by atoms with Crippen molar-refractivity contribution in [1.82, 2.24) is 14.0 Å². The second kappa shape index (κ2) is 7.64. The van der Waals surface area contributed by atoms with Crippen LogP contribution in [0.4, 0.5) is 16.2 Å². The van der Waals surface area contributed by atoms with E-state index in [9.17, 15) is 30.1 Å². The number of halogens is 1. The summed E-state index contributed by atoms with van der Waals surface area (Å²) in [4.78, 5) is 38.1. The Labute approximate surface area is 197 Å². The van der Waals surface area contributed by atoms with Crippen LogP contribution in [0.5, 0.6) is 5.88 Å². The van der Waals surface area contributed by atoms with Gasteiger partial charge in [0.25, 0.3) is 5.69 Å². The predicted molar refractivity (Wildman–Crippen MR) is 121 cm³/mol. The average molecular weight is 481 g/mol. The number of rotatable bonds is 3. The highest BCUT2D eigenvalue weighted by Crippen LogP contribution is 2.49. The summed E-state index contributed by atoms with van der Waals surface area (Å²) in [5.74, 6) is -0.297. The number of non-ortho nitro benzene ring substituents is 1. The molecular weight excluding hydrogens is 464 g/mol. The van der Waals surface area contributed by atoms with E-state index in [1.54, 1.807) is 19.1 Å². The molecule has 0 radical (unpaired) electrons. The van der Waals surface area contributed by atoms with Gasteiger partial charge < -0.3 is 15.3 Å². The Hall–Kier alpha value is -4.30. The first-order valence-corrected chi connectivity index (χ1v) is 10.7. The fourth-order valence-electron chi connectivity index (χ4n) is 4.78. The van der Waals surface area contributed by atoms with Gasteiger partial charge in [-0.3, -0.25) is 14.7 Å². The molecule has 2 amide bonds. The van der Waals surface area contributed by atoms with E-state index >= 15 is 0 Å². The Morgan fingerprint density at radius 1 is 1.35 bits per heavy atom. The van der Waals surface area contributed by atoms with Crippen LogP contribution in [0, 0.1) is 28.4 Å². The number of aromatic hydroxyl groups is 1. The summed E-state index contributed by atoms with van der Waals surface area (Å²) in [7, 11) is 0. The molecule has 11 nitrogen and oxygen atoms in total. The fraction of sp³-hybridized carbons (Fsp3) is 0.227. The molecule has 2 bridgehead atoms. The molecule has 0 aliphatic carbocycles. The highest BCUT2D eigenvalue weighted by Gasteiger charge is 2.49. The number of amides is 2. The van der Waals surface area contributed by atoms with Gasteiger partial charge in [-0.05, 0) is 37.1 Å². The monoisotopic (exact) mass is 480 g/mol. The molecule has 2 aliphatic heterocycles. The van der Waals surface area contributed by atoms with E-state index in [1.165, 1.54) is 33.7 Å². The summed E-state index contributed by atoms with van der Waals surface area (Å²) < 4.78 is 2.63. The number of aromatic nitrogens is 2. The van der Waals surface area contributed by atoms with Crippen molar-refractivity contribution in [2.45, 2.75) is 25.4 Å². The predicted octanol–water partition coefficient (Wildman–Crippen LogP) is 3.62. The zero-order chi connectivity index (χ0) is 24.3. The number of imidazole rings is 1. The van der Waals surface area contributed by atoms with Crippen LogP contribution in [0.3, 0.4) is 0 Å². The molecule has 12 heteroatoms. The lowest BCUT2D eigenvalue weighted by Gasteiger charge is -2.27. The lowest BCUT2D eigenvalue weighted by atomic mass is 10.1. The Kier molecular flexibility index (Phi) is 4.84. The van der Waals surface area contributed by atoms with E-state index in [4.69, 9.17) is 11.6 Å². The van der Waals surface area contributed by atoms with Gasteiger partial charge in [0, 0.05) is 24.4 Å². The van der Waals surface area contributed by atoms with Crippen molar-refractivity contribution < 1.29 is 14.8 Å². The molecule has 2 atom stereocenters. The average Bonchev–Trinajstić information content (AvgIpc) is 3.48. The van der Waals surface area contributed by atoms with Crippen LogP contribution in [0.25, 0.3) is 5.69 Å². The topological polar surface area (TPSA) is 146 Å². The molecule has 3 heterocycles. The van der Waals surface area contributed by atoms with Crippen molar-refractivity contribution in [3.63, 3.8) is 0 Å². The quantitative estimate of drug-likeness (QED) is 0.432. The number of carbonyl (C=O) groups is 1. The van der Waals surface area contributed by atoms with Gasteiger partial charge in [0.05, 0.1) is 33.3 Å². The number of hydrogen-bond donors (Lipinski definition) is 2. The van der Waals surface area contributed by atoms with Crippen LogP contribution in [-0.4, -0.2) is 36.6 Å². The van der Waals surface area contributed by atoms with E-state index in [2.05, 4.69) is 5.32 Å². The number of nitrogens with one attached hydrogen (secondary N) is 1. The Balaban J connectivity index is 1.49. The van der Waals surface area contributed by atoms with Crippen LogP contribution < -0.4 is 11.0 Å². The molecule has 2 unspecified atom stereocenters. The summed E-state index contributed by atoms with van der Waals surface area (Å²) in [6.45, 7) is 1.90. The maximum atomic E-state index is 13.2. The lowest BCUT2D eigenvalue weighted by molar-refractivity contribution is -0.384. The van der Waals surface area contributed by atoms with Crippen molar-refractivity contribution >= 4 is 29.0 Å². The smallest absolute Gasteiger partial charge is 0.336 e. The normalized spacial score (nSPS) is 18.0. The minimum absolute atomic E-state index is 0.152. The molecular formula is C22H17ClN6O5. The van der Waals surface area contributed by atoms with Crippen molar-refractivity contribution in [3.8, 4) is 17.6 Å². The first-order chi connectivity index (χ1) is 16.2. The highest BCUT2D eigenvalue weighted by atomic mass is 35.5. The SMILES string of the molecule is Cc1c(-n2c(O)c3n(c2=O)C2CC3N(C(=O)Nc3cccc([N+](=O)[O-])c3)C2)ccc(C#N)c1Cl. The number of fused-ring (bicyclic) bond motifs is 5. The number of hydrogen-bond acceptors (Lipinski definition) is 6. The van der Waals surface area contributed by atoms with Crippen molar-refractivity contribution in [1.29, 1.82) is 5.26 Å². The van der Waals surface area contributed by atoms with Gasteiger partial charge in [-0.2, -0.15) is 5.26 Å². The third kappa shape index (κ3) is 3.03. The summed E-state index contributed by atoms with van der Waals surface area (Å²) in [6, 6.07) is 9.23. The number of benzene rings is 2. The number of nitro groups is 1. The Bertz CT molecular complexity index is 1490. The molecule has 2 aromatic carbocycles. The minimum Gasteiger partial charge on any atom is -0.493 e. The van der Waals surface area contributed by atoms with Gasteiger partial charge in [-0.15, -0.1) is 0 Å². The first kappa shape index (κ1) is 21.5. The molecule has 5 rings (SSSR count). The molecule has 1 saturated heterocycles. The number of anilines is 1. The summed E-state index contributed by atoms with van der Waals surface area (Å²) >= 11 is 6.26. The second-order valence-corrected chi connectivity index (χ2v) is 8.55. The molecule has 2 aliphatic rings. The maximum Gasteiger partial charge on any atom is 0.336 e. The summed E-state index contributed by atoms with van der Waals surface area (Å²) in [5, 5.41) is 34.1.